The number of benzene rings is 1. The smallest absolute Gasteiger partial charge is 0.227 e. The van der Waals surface area contributed by atoms with Gasteiger partial charge in [0.25, 0.3) is 0 Å². The third kappa shape index (κ3) is 4.32. The molecule has 0 aliphatic rings. The Kier molecular flexibility index (Phi) is 5.06. The summed E-state index contributed by atoms with van der Waals surface area (Å²) >= 11 is 0. The van der Waals surface area contributed by atoms with Crippen LogP contribution in [0.1, 0.15) is 22.6 Å². The summed E-state index contributed by atoms with van der Waals surface area (Å²) in [5.41, 5.74) is 3.04. The minimum absolute atomic E-state index is 0.0580. The number of pyridine rings is 1. The highest BCUT2D eigenvalue weighted by atomic mass is 16.3. The number of aryl methyl sites for hydroxylation is 1. The molecule has 4 nitrogen and oxygen atoms in total. The maximum Gasteiger partial charge on any atom is 0.227 e. The lowest BCUT2D eigenvalue weighted by Gasteiger charge is -2.21. The first-order valence-corrected chi connectivity index (χ1v) is 7.96. The van der Waals surface area contributed by atoms with E-state index in [2.05, 4.69) is 4.98 Å². The number of aromatic nitrogens is 1. The Morgan fingerprint density at radius 1 is 1.08 bits per heavy atom. The van der Waals surface area contributed by atoms with E-state index in [1.165, 1.54) is 0 Å². The minimum atomic E-state index is 0.0580. The SMILES string of the molecule is Cc1cccc(CC(=O)N(Cc2ccccn2)Cc2ccco2)c1. The second-order valence-electron chi connectivity index (χ2n) is 5.82. The van der Waals surface area contributed by atoms with Crippen molar-refractivity contribution in [1.82, 2.24) is 9.88 Å². The van der Waals surface area contributed by atoms with Crippen LogP contribution in [0.4, 0.5) is 0 Å². The van der Waals surface area contributed by atoms with Crippen LogP contribution in [-0.4, -0.2) is 15.8 Å². The molecule has 0 fully saturated rings. The van der Waals surface area contributed by atoms with E-state index in [-0.39, 0.29) is 5.91 Å². The van der Waals surface area contributed by atoms with Crippen molar-refractivity contribution in [3.63, 3.8) is 0 Å². The van der Waals surface area contributed by atoms with Crippen molar-refractivity contribution >= 4 is 5.91 Å². The van der Waals surface area contributed by atoms with Crippen LogP contribution >= 0.6 is 0 Å². The number of carbonyl (C=O) groups is 1. The van der Waals surface area contributed by atoms with Gasteiger partial charge in [-0.15, -0.1) is 0 Å². The average Bonchev–Trinajstić information content (AvgIpc) is 3.08. The number of hydrogen-bond donors (Lipinski definition) is 0. The van der Waals surface area contributed by atoms with E-state index in [4.69, 9.17) is 4.42 Å². The molecule has 0 bridgehead atoms. The number of furan rings is 1. The van der Waals surface area contributed by atoms with E-state index < -0.39 is 0 Å². The molecule has 0 unspecified atom stereocenters. The molecular formula is C20H20N2O2. The lowest BCUT2D eigenvalue weighted by Crippen LogP contribution is -2.31. The highest BCUT2D eigenvalue weighted by Crippen LogP contribution is 2.13. The second-order valence-corrected chi connectivity index (χ2v) is 5.82. The van der Waals surface area contributed by atoms with E-state index in [0.29, 0.717) is 19.5 Å². The molecular weight excluding hydrogens is 300 g/mol. The van der Waals surface area contributed by atoms with E-state index in [1.54, 1.807) is 17.4 Å². The van der Waals surface area contributed by atoms with Gasteiger partial charge in [0.15, 0.2) is 0 Å². The molecule has 2 heterocycles. The van der Waals surface area contributed by atoms with Gasteiger partial charge in [-0.3, -0.25) is 9.78 Å². The molecule has 1 aromatic carbocycles. The third-order valence-electron chi connectivity index (χ3n) is 3.80. The maximum absolute atomic E-state index is 12.8. The first kappa shape index (κ1) is 16.0. The van der Waals surface area contributed by atoms with Crippen LogP contribution < -0.4 is 0 Å². The van der Waals surface area contributed by atoms with Crippen molar-refractivity contribution < 1.29 is 9.21 Å². The molecule has 4 heteroatoms. The van der Waals surface area contributed by atoms with Crippen molar-refractivity contribution in [2.24, 2.45) is 0 Å². The van der Waals surface area contributed by atoms with Crippen LogP contribution in [0.3, 0.4) is 0 Å². The van der Waals surface area contributed by atoms with E-state index in [1.807, 2.05) is 61.5 Å². The quantitative estimate of drug-likeness (QED) is 0.695. The largest absolute Gasteiger partial charge is 0.467 e. The standard InChI is InChI=1S/C20H20N2O2/c1-16-6-4-7-17(12-16)13-20(23)22(15-19-9-5-11-24-19)14-18-8-2-3-10-21-18/h2-12H,13-15H2,1H3. The van der Waals surface area contributed by atoms with Crippen molar-refractivity contribution in [2.75, 3.05) is 0 Å². The zero-order valence-corrected chi connectivity index (χ0v) is 13.7. The summed E-state index contributed by atoms with van der Waals surface area (Å²) in [6.07, 6.45) is 3.74. The highest BCUT2D eigenvalue weighted by molar-refractivity contribution is 5.78. The number of rotatable bonds is 6. The highest BCUT2D eigenvalue weighted by Gasteiger charge is 2.17. The lowest BCUT2D eigenvalue weighted by atomic mass is 10.1. The minimum Gasteiger partial charge on any atom is -0.467 e. The van der Waals surface area contributed by atoms with Crippen molar-refractivity contribution in [1.29, 1.82) is 0 Å². The Morgan fingerprint density at radius 3 is 2.71 bits per heavy atom. The fourth-order valence-corrected chi connectivity index (χ4v) is 2.62. The van der Waals surface area contributed by atoms with Gasteiger partial charge in [-0.2, -0.15) is 0 Å². The summed E-state index contributed by atoms with van der Waals surface area (Å²) in [5.74, 6) is 0.825. The molecule has 24 heavy (non-hydrogen) atoms. The van der Waals surface area contributed by atoms with Gasteiger partial charge in [-0.05, 0) is 36.8 Å². The average molecular weight is 320 g/mol. The van der Waals surface area contributed by atoms with E-state index >= 15 is 0 Å². The van der Waals surface area contributed by atoms with E-state index in [0.717, 1.165) is 22.6 Å². The number of carbonyl (C=O) groups excluding carboxylic acids is 1. The van der Waals surface area contributed by atoms with Crippen LogP contribution in [0, 0.1) is 6.92 Å². The third-order valence-corrected chi connectivity index (χ3v) is 3.80. The number of amides is 1. The monoisotopic (exact) mass is 320 g/mol. The van der Waals surface area contributed by atoms with Gasteiger partial charge in [0.05, 0.1) is 31.5 Å². The van der Waals surface area contributed by atoms with Crippen LogP contribution in [0.15, 0.2) is 71.5 Å². The summed E-state index contributed by atoms with van der Waals surface area (Å²) in [5, 5.41) is 0. The predicted molar refractivity (Wildman–Crippen MR) is 92.1 cm³/mol. The first-order valence-electron chi connectivity index (χ1n) is 7.96. The van der Waals surface area contributed by atoms with Gasteiger partial charge in [0.1, 0.15) is 5.76 Å². The summed E-state index contributed by atoms with van der Waals surface area (Å²) in [7, 11) is 0. The molecule has 0 saturated carbocycles. The van der Waals surface area contributed by atoms with Crippen LogP contribution in [-0.2, 0) is 24.3 Å². The topological polar surface area (TPSA) is 46.3 Å². The van der Waals surface area contributed by atoms with Crippen molar-refractivity contribution in [3.8, 4) is 0 Å². The molecule has 0 spiro atoms. The molecule has 1 amide bonds. The maximum atomic E-state index is 12.8. The summed E-state index contributed by atoms with van der Waals surface area (Å²) in [6, 6.07) is 17.5. The normalized spacial score (nSPS) is 10.5. The molecule has 0 saturated heterocycles. The Balaban J connectivity index is 1.76. The fraction of sp³-hybridized carbons (Fsp3) is 0.200. The molecule has 3 rings (SSSR count). The first-order chi connectivity index (χ1) is 11.7. The van der Waals surface area contributed by atoms with Gasteiger partial charge in [0, 0.05) is 6.20 Å². The van der Waals surface area contributed by atoms with Gasteiger partial charge < -0.3 is 9.32 Å². The zero-order chi connectivity index (χ0) is 16.8. The molecule has 0 N–H and O–H groups in total. The Morgan fingerprint density at radius 2 is 2.00 bits per heavy atom. The van der Waals surface area contributed by atoms with Gasteiger partial charge in [-0.1, -0.05) is 35.9 Å². The predicted octanol–water partition coefficient (Wildman–Crippen LogP) is 3.75. The molecule has 0 aliphatic heterocycles. The van der Waals surface area contributed by atoms with Crippen molar-refractivity contribution in [2.45, 2.75) is 26.4 Å². The molecule has 0 aliphatic carbocycles. The number of nitrogens with zero attached hydrogens (tertiary/aromatic N) is 2. The van der Waals surface area contributed by atoms with Gasteiger partial charge in [-0.25, -0.2) is 0 Å². The summed E-state index contributed by atoms with van der Waals surface area (Å²) in [6.45, 7) is 2.93. The Labute approximate surface area is 141 Å². The molecule has 0 atom stereocenters. The zero-order valence-electron chi connectivity index (χ0n) is 13.7. The summed E-state index contributed by atoms with van der Waals surface area (Å²) in [4.78, 5) is 18.9. The molecule has 2 aromatic heterocycles. The van der Waals surface area contributed by atoms with Gasteiger partial charge in [0.2, 0.25) is 5.91 Å². The van der Waals surface area contributed by atoms with Crippen molar-refractivity contribution in [3.05, 3.63) is 89.6 Å². The van der Waals surface area contributed by atoms with Crippen LogP contribution in [0.25, 0.3) is 0 Å². The summed E-state index contributed by atoms with van der Waals surface area (Å²) < 4.78 is 5.41. The fourth-order valence-electron chi connectivity index (χ4n) is 2.62. The number of hydrogen-bond acceptors (Lipinski definition) is 3. The lowest BCUT2D eigenvalue weighted by molar-refractivity contribution is -0.132. The Bertz CT molecular complexity index is 782. The van der Waals surface area contributed by atoms with E-state index in [9.17, 15) is 4.79 Å². The molecule has 0 radical (unpaired) electrons. The molecule has 3 aromatic rings. The molecule has 122 valence electrons. The Hall–Kier alpha value is -2.88. The second kappa shape index (κ2) is 7.59. The van der Waals surface area contributed by atoms with Crippen LogP contribution in [0.2, 0.25) is 0 Å². The van der Waals surface area contributed by atoms with Gasteiger partial charge >= 0.3 is 0 Å². The van der Waals surface area contributed by atoms with Crippen LogP contribution in [0.5, 0.6) is 0 Å².